The number of amides is 1. The number of carbonyl (C=O) groups excluding carboxylic acids is 1. The summed E-state index contributed by atoms with van der Waals surface area (Å²) in [5.41, 5.74) is 1.59. The Balaban J connectivity index is 1.36. The Morgan fingerprint density at radius 3 is 3.07 bits per heavy atom. The van der Waals surface area contributed by atoms with Crippen LogP contribution in [0.25, 0.3) is 11.0 Å². The van der Waals surface area contributed by atoms with Crippen molar-refractivity contribution in [1.82, 2.24) is 20.3 Å². The van der Waals surface area contributed by atoms with Gasteiger partial charge in [0.15, 0.2) is 0 Å². The number of nitrogens with one attached hydrogen (secondary N) is 3. The molecule has 2 aromatic heterocycles. The van der Waals surface area contributed by atoms with Gasteiger partial charge < -0.3 is 20.5 Å². The molecule has 1 unspecified atom stereocenters. The van der Waals surface area contributed by atoms with Gasteiger partial charge in [0.1, 0.15) is 17.8 Å². The number of para-hydroxylation sites is 1. The summed E-state index contributed by atoms with van der Waals surface area (Å²) in [7, 11) is 0. The Morgan fingerprint density at radius 1 is 1.30 bits per heavy atom. The number of aromatic amines is 1. The summed E-state index contributed by atoms with van der Waals surface area (Å²) in [4.78, 5) is 26.4. The fourth-order valence-electron chi connectivity index (χ4n) is 3.46. The van der Waals surface area contributed by atoms with Crippen LogP contribution in [0.4, 0.5) is 11.5 Å². The molecular formula is C19H21ClN6O. The van der Waals surface area contributed by atoms with E-state index >= 15 is 0 Å². The van der Waals surface area contributed by atoms with Crippen LogP contribution in [0.3, 0.4) is 0 Å². The van der Waals surface area contributed by atoms with E-state index in [1.54, 1.807) is 12.4 Å². The number of hydrogen-bond donors (Lipinski definition) is 3. The molecule has 1 saturated heterocycles. The quantitative estimate of drug-likeness (QED) is 0.629. The summed E-state index contributed by atoms with van der Waals surface area (Å²) in [6.07, 6.45) is 5.39. The number of piperidine rings is 1. The minimum Gasteiger partial charge on any atom is -0.375 e. The van der Waals surface area contributed by atoms with Gasteiger partial charge >= 0.3 is 0 Å². The van der Waals surface area contributed by atoms with E-state index < -0.39 is 0 Å². The lowest BCUT2D eigenvalue weighted by Crippen LogP contribution is -2.49. The van der Waals surface area contributed by atoms with Crippen molar-refractivity contribution in [3.05, 3.63) is 47.9 Å². The van der Waals surface area contributed by atoms with Crippen molar-refractivity contribution < 1.29 is 4.79 Å². The zero-order valence-electron chi connectivity index (χ0n) is 14.8. The minimum atomic E-state index is -0.0451. The number of halogens is 1. The second kappa shape index (κ2) is 7.84. The maximum absolute atomic E-state index is 12.3. The van der Waals surface area contributed by atoms with E-state index in [1.807, 2.05) is 30.5 Å². The van der Waals surface area contributed by atoms with Crippen LogP contribution in [-0.2, 0) is 4.79 Å². The number of hydrogen-bond acceptors (Lipinski definition) is 5. The third-order valence-corrected chi connectivity index (χ3v) is 5.06. The molecule has 1 aromatic carbocycles. The normalized spacial score (nSPS) is 17.1. The van der Waals surface area contributed by atoms with Gasteiger partial charge in [0, 0.05) is 25.3 Å². The predicted octanol–water partition coefficient (Wildman–Crippen LogP) is 2.81. The Morgan fingerprint density at radius 2 is 2.19 bits per heavy atom. The average molecular weight is 385 g/mol. The molecule has 3 N–H and O–H groups in total. The molecule has 3 heterocycles. The summed E-state index contributed by atoms with van der Waals surface area (Å²) in [6.45, 7) is 1.84. The average Bonchev–Trinajstić information content (AvgIpc) is 3.16. The molecule has 0 saturated carbocycles. The molecule has 7 nitrogen and oxygen atoms in total. The van der Waals surface area contributed by atoms with Crippen molar-refractivity contribution in [2.75, 3.05) is 29.9 Å². The van der Waals surface area contributed by atoms with Crippen LogP contribution in [0, 0.1) is 0 Å². The molecule has 1 aliphatic heterocycles. The smallest absolute Gasteiger partial charge is 0.239 e. The SMILES string of the molecule is O=C(CNc1ccccc1Cl)NC1CCCN(c2ncnc3[nH]ccc23)C1. The topological polar surface area (TPSA) is 85.9 Å². The molecule has 0 aliphatic carbocycles. The fourth-order valence-corrected chi connectivity index (χ4v) is 3.66. The molecule has 4 rings (SSSR count). The van der Waals surface area contributed by atoms with Crippen molar-refractivity contribution in [3.8, 4) is 0 Å². The van der Waals surface area contributed by atoms with E-state index in [2.05, 4.69) is 30.5 Å². The van der Waals surface area contributed by atoms with E-state index in [-0.39, 0.29) is 18.5 Å². The Labute approximate surface area is 162 Å². The van der Waals surface area contributed by atoms with Gasteiger partial charge in [0.2, 0.25) is 5.91 Å². The standard InChI is InChI=1S/C19H21ClN6O/c20-15-5-1-2-6-16(15)22-10-17(27)25-13-4-3-9-26(11-13)19-14-7-8-21-18(14)23-12-24-19/h1-2,5-8,12-13,22H,3-4,9-11H2,(H,25,27)(H,21,23,24). The van der Waals surface area contributed by atoms with Gasteiger partial charge in [-0.25, -0.2) is 9.97 Å². The molecule has 27 heavy (non-hydrogen) atoms. The number of anilines is 2. The molecule has 0 radical (unpaired) electrons. The molecule has 1 amide bonds. The predicted molar refractivity (Wildman–Crippen MR) is 107 cm³/mol. The molecule has 3 aromatic rings. The highest BCUT2D eigenvalue weighted by Gasteiger charge is 2.23. The number of H-pyrrole nitrogens is 1. The molecular weight excluding hydrogens is 364 g/mol. The third-order valence-electron chi connectivity index (χ3n) is 4.73. The highest BCUT2D eigenvalue weighted by Crippen LogP contribution is 2.25. The van der Waals surface area contributed by atoms with E-state index in [0.717, 1.165) is 48.5 Å². The first-order valence-corrected chi connectivity index (χ1v) is 9.39. The summed E-state index contributed by atoms with van der Waals surface area (Å²) < 4.78 is 0. The molecule has 8 heteroatoms. The first-order valence-electron chi connectivity index (χ1n) is 9.01. The maximum Gasteiger partial charge on any atom is 0.239 e. The van der Waals surface area contributed by atoms with Gasteiger partial charge in [-0.1, -0.05) is 23.7 Å². The monoisotopic (exact) mass is 384 g/mol. The van der Waals surface area contributed by atoms with Gasteiger partial charge in [-0.3, -0.25) is 4.79 Å². The summed E-state index contributed by atoms with van der Waals surface area (Å²) in [5, 5.41) is 7.81. The van der Waals surface area contributed by atoms with E-state index in [1.165, 1.54) is 0 Å². The van der Waals surface area contributed by atoms with Crippen LogP contribution in [0.15, 0.2) is 42.9 Å². The Bertz CT molecular complexity index is 943. The molecule has 0 spiro atoms. The van der Waals surface area contributed by atoms with Gasteiger partial charge in [-0.15, -0.1) is 0 Å². The van der Waals surface area contributed by atoms with Crippen molar-refractivity contribution in [1.29, 1.82) is 0 Å². The van der Waals surface area contributed by atoms with Gasteiger partial charge in [0.05, 0.1) is 22.6 Å². The number of benzene rings is 1. The van der Waals surface area contributed by atoms with Gasteiger partial charge in [-0.2, -0.15) is 0 Å². The lowest BCUT2D eigenvalue weighted by molar-refractivity contribution is -0.120. The zero-order valence-corrected chi connectivity index (χ0v) is 15.5. The molecule has 1 aliphatic rings. The van der Waals surface area contributed by atoms with Crippen LogP contribution in [0.5, 0.6) is 0 Å². The lowest BCUT2D eigenvalue weighted by atomic mass is 10.1. The lowest BCUT2D eigenvalue weighted by Gasteiger charge is -2.34. The second-order valence-corrected chi connectivity index (χ2v) is 7.03. The van der Waals surface area contributed by atoms with Crippen LogP contribution in [0.2, 0.25) is 5.02 Å². The zero-order chi connectivity index (χ0) is 18.6. The Hall–Kier alpha value is -2.80. The number of fused-ring (bicyclic) bond motifs is 1. The van der Waals surface area contributed by atoms with Crippen molar-refractivity contribution in [2.45, 2.75) is 18.9 Å². The molecule has 1 fully saturated rings. The maximum atomic E-state index is 12.3. The number of aromatic nitrogens is 3. The Kier molecular flexibility index (Phi) is 5.11. The largest absolute Gasteiger partial charge is 0.375 e. The number of carbonyl (C=O) groups is 1. The summed E-state index contributed by atoms with van der Waals surface area (Å²) in [5.74, 6) is 0.866. The van der Waals surface area contributed by atoms with Crippen LogP contribution >= 0.6 is 11.6 Å². The highest BCUT2D eigenvalue weighted by atomic mass is 35.5. The second-order valence-electron chi connectivity index (χ2n) is 6.62. The number of rotatable bonds is 5. The summed E-state index contributed by atoms with van der Waals surface area (Å²) in [6, 6.07) is 9.47. The highest BCUT2D eigenvalue weighted by molar-refractivity contribution is 6.33. The van der Waals surface area contributed by atoms with Crippen molar-refractivity contribution >= 4 is 40.0 Å². The summed E-state index contributed by atoms with van der Waals surface area (Å²) >= 11 is 6.11. The first kappa shape index (κ1) is 17.6. The van der Waals surface area contributed by atoms with Gasteiger partial charge in [0.25, 0.3) is 0 Å². The van der Waals surface area contributed by atoms with Crippen LogP contribution < -0.4 is 15.5 Å². The van der Waals surface area contributed by atoms with Crippen molar-refractivity contribution in [3.63, 3.8) is 0 Å². The number of nitrogens with zero attached hydrogens (tertiary/aromatic N) is 3. The first-order chi connectivity index (χ1) is 13.2. The van der Waals surface area contributed by atoms with Crippen molar-refractivity contribution in [2.24, 2.45) is 0 Å². The fraction of sp³-hybridized carbons (Fsp3) is 0.316. The third kappa shape index (κ3) is 3.98. The van der Waals surface area contributed by atoms with Crippen LogP contribution in [-0.4, -0.2) is 46.5 Å². The molecule has 140 valence electrons. The van der Waals surface area contributed by atoms with E-state index in [9.17, 15) is 4.79 Å². The van der Waals surface area contributed by atoms with E-state index in [0.29, 0.717) is 5.02 Å². The van der Waals surface area contributed by atoms with Crippen LogP contribution in [0.1, 0.15) is 12.8 Å². The minimum absolute atomic E-state index is 0.0451. The van der Waals surface area contributed by atoms with Gasteiger partial charge in [-0.05, 0) is 31.0 Å². The van der Waals surface area contributed by atoms with E-state index in [4.69, 9.17) is 11.6 Å². The molecule has 1 atom stereocenters. The molecule has 0 bridgehead atoms.